The van der Waals surface area contributed by atoms with Crippen molar-refractivity contribution in [2.45, 2.75) is 0 Å². The van der Waals surface area contributed by atoms with E-state index in [4.69, 9.17) is 0 Å². The number of ether oxygens (including phenoxy) is 1. The van der Waals surface area contributed by atoms with Crippen molar-refractivity contribution in [2.75, 3.05) is 0 Å². The molecule has 0 amide bonds. The summed E-state index contributed by atoms with van der Waals surface area (Å²) >= 11 is 0. The first-order valence-electron chi connectivity index (χ1n) is 3.02. The first-order valence-corrected chi connectivity index (χ1v) is 3.02. The third-order valence-corrected chi connectivity index (χ3v) is 0.888. The molecule has 0 spiro atoms. The fraction of sp³-hybridized carbons (Fsp3) is 0. The Morgan fingerprint density at radius 3 is 1.75 bits per heavy atom. The van der Waals surface area contributed by atoms with Gasteiger partial charge in [-0.25, -0.2) is 9.59 Å². The summed E-state index contributed by atoms with van der Waals surface area (Å²) in [5.41, 5.74) is 0. The zero-order chi connectivity index (χ0) is 8.81. The second kappa shape index (κ2) is 4.02. The molecule has 62 valence electrons. The molecule has 0 atom stereocenters. The van der Waals surface area contributed by atoms with Gasteiger partial charge in [0.1, 0.15) is 0 Å². The van der Waals surface area contributed by atoms with E-state index < -0.39 is 11.9 Å². The fourth-order valence-electron chi connectivity index (χ4n) is 0.470. The summed E-state index contributed by atoms with van der Waals surface area (Å²) in [7, 11) is 0. The van der Waals surface area contributed by atoms with Gasteiger partial charge in [0.25, 0.3) is 0 Å². The SMILES string of the molecule is O=C1C=CC(=O)O1.c1cn[nH]n1. The van der Waals surface area contributed by atoms with Crippen LogP contribution in [-0.4, -0.2) is 27.3 Å². The van der Waals surface area contributed by atoms with Crippen molar-refractivity contribution in [3.05, 3.63) is 24.5 Å². The lowest BCUT2D eigenvalue weighted by atomic mass is 10.6. The van der Waals surface area contributed by atoms with Crippen LogP contribution in [0.5, 0.6) is 0 Å². The van der Waals surface area contributed by atoms with Crippen molar-refractivity contribution in [3.8, 4) is 0 Å². The molecule has 0 aromatic carbocycles. The molecule has 2 heterocycles. The van der Waals surface area contributed by atoms with Crippen LogP contribution >= 0.6 is 0 Å². The lowest BCUT2D eigenvalue weighted by Crippen LogP contribution is -1.96. The van der Waals surface area contributed by atoms with E-state index >= 15 is 0 Å². The van der Waals surface area contributed by atoms with E-state index in [1.807, 2.05) is 0 Å². The van der Waals surface area contributed by atoms with Gasteiger partial charge in [0.15, 0.2) is 0 Å². The third-order valence-electron chi connectivity index (χ3n) is 0.888. The Hall–Kier alpha value is -1.98. The molecule has 0 saturated heterocycles. The molecular weight excluding hydrogens is 162 g/mol. The van der Waals surface area contributed by atoms with E-state index in [9.17, 15) is 9.59 Å². The van der Waals surface area contributed by atoms with Gasteiger partial charge in [-0.2, -0.15) is 15.4 Å². The molecule has 12 heavy (non-hydrogen) atoms. The van der Waals surface area contributed by atoms with Crippen LogP contribution in [0.25, 0.3) is 0 Å². The van der Waals surface area contributed by atoms with Gasteiger partial charge in [-0.1, -0.05) is 0 Å². The Morgan fingerprint density at radius 2 is 1.58 bits per heavy atom. The van der Waals surface area contributed by atoms with E-state index in [2.05, 4.69) is 20.1 Å². The molecule has 0 aliphatic carbocycles. The molecule has 1 aliphatic rings. The highest BCUT2D eigenvalue weighted by molar-refractivity contribution is 6.04. The first kappa shape index (κ1) is 8.12. The maximum Gasteiger partial charge on any atom is 0.338 e. The number of hydrogen-bond donors (Lipinski definition) is 1. The summed E-state index contributed by atoms with van der Waals surface area (Å²) < 4.78 is 3.97. The Labute approximate surface area is 67.2 Å². The Bertz CT molecular complexity index is 258. The highest BCUT2D eigenvalue weighted by atomic mass is 16.6. The van der Waals surface area contributed by atoms with Crippen LogP contribution in [0.2, 0.25) is 0 Å². The smallest absolute Gasteiger partial charge is 0.338 e. The van der Waals surface area contributed by atoms with Crippen LogP contribution in [-0.2, 0) is 14.3 Å². The predicted octanol–water partition coefficient (Wildman–Crippen LogP) is -0.569. The van der Waals surface area contributed by atoms with E-state index in [0.717, 1.165) is 12.2 Å². The first-order chi connectivity index (χ1) is 5.79. The van der Waals surface area contributed by atoms with Gasteiger partial charge >= 0.3 is 11.9 Å². The number of H-pyrrole nitrogens is 1. The minimum Gasteiger partial charge on any atom is -0.387 e. The van der Waals surface area contributed by atoms with Gasteiger partial charge in [-0.15, -0.1) is 0 Å². The number of hydrogen-bond acceptors (Lipinski definition) is 5. The summed E-state index contributed by atoms with van der Waals surface area (Å²) in [5, 5.41) is 9.33. The summed E-state index contributed by atoms with van der Waals surface area (Å²) in [6.07, 6.45) is 5.34. The van der Waals surface area contributed by atoms with Crippen molar-refractivity contribution >= 4 is 11.9 Å². The van der Waals surface area contributed by atoms with Gasteiger partial charge in [0, 0.05) is 12.2 Å². The quantitative estimate of drug-likeness (QED) is 0.413. The van der Waals surface area contributed by atoms with Crippen molar-refractivity contribution in [2.24, 2.45) is 0 Å². The number of aromatic nitrogens is 3. The molecule has 6 nitrogen and oxygen atoms in total. The Balaban J connectivity index is 0.000000127. The zero-order valence-corrected chi connectivity index (χ0v) is 5.93. The van der Waals surface area contributed by atoms with Gasteiger partial charge in [-0.3, -0.25) is 0 Å². The largest absolute Gasteiger partial charge is 0.387 e. The molecule has 0 bridgehead atoms. The molecule has 0 radical (unpaired) electrons. The molecule has 1 aromatic rings. The van der Waals surface area contributed by atoms with E-state index in [1.165, 1.54) is 0 Å². The zero-order valence-electron chi connectivity index (χ0n) is 5.93. The number of nitrogens with zero attached hydrogens (tertiary/aromatic N) is 2. The normalized spacial score (nSPS) is 13.7. The molecular formula is C6H5N3O3. The summed E-state index contributed by atoms with van der Waals surface area (Å²) in [5.74, 6) is -1.16. The van der Waals surface area contributed by atoms with Crippen LogP contribution in [0, 0.1) is 0 Å². The van der Waals surface area contributed by atoms with Gasteiger partial charge in [0.2, 0.25) is 0 Å². The molecule has 1 aromatic heterocycles. The van der Waals surface area contributed by atoms with E-state index in [0.29, 0.717) is 0 Å². The van der Waals surface area contributed by atoms with Crippen molar-refractivity contribution in [1.82, 2.24) is 15.4 Å². The lowest BCUT2D eigenvalue weighted by molar-refractivity contribution is -0.150. The second-order valence-electron chi connectivity index (χ2n) is 1.73. The van der Waals surface area contributed by atoms with Gasteiger partial charge < -0.3 is 4.74 Å². The van der Waals surface area contributed by atoms with E-state index in [1.54, 1.807) is 12.4 Å². The van der Waals surface area contributed by atoms with Crippen molar-refractivity contribution < 1.29 is 14.3 Å². The third kappa shape index (κ3) is 2.74. The maximum atomic E-state index is 9.92. The monoisotopic (exact) mass is 167 g/mol. The maximum absolute atomic E-state index is 9.92. The average molecular weight is 167 g/mol. The lowest BCUT2D eigenvalue weighted by Gasteiger charge is -1.80. The molecule has 0 unspecified atom stereocenters. The molecule has 0 saturated carbocycles. The van der Waals surface area contributed by atoms with Crippen LogP contribution in [0.15, 0.2) is 24.5 Å². The number of cyclic esters (lactones) is 2. The number of carbonyl (C=O) groups is 2. The molecule has 1 N–H and O–H groups in total. The average Bonchev–Trinajstić information content (AvgIpc) is 2.63. The Kier molecular flexibility index (Phi) is 2.72. The second-order valence-corrected chi connectivity index (χ2v) is 1.73. The number of nitrogens with one attached hydrogen (secondary N) is 1. The minimum absolute atomic E-state index is 0.579. The summed E-state index contributed by atoms with van der Waals surface area (Å²) in [6, 6.07) is 0. The number of carbonyl (C=O) groups excluding carboxylic acids is 2. The van der Waals surface area contributed by atoms with Crippen LogP contribution in [0.1, 0.15) is 0 Å². The summed E-state index contributed by atoms with van der Waals surface area (Å²) in [6.45, 7) is 0. The molecule has 6 heteroatoms. The number of rotatable bonds is 0. The van der Waals surface area contributed by atoms with Gasteiger partial charge in [0.05, 0.1) is 12.4 Å². The minimum atomic E-state index is -0.579. The highest BCUT2D eigenvalue weighted by Gasteiger charge is 2.10. The molecule has 2 rings (SSSR count). The fourth-order valence-corrected chi connectivity index (χ4v) is 0.470. The summed E-state index contributed by atoms with van der Waals surface area (Å²) in [4.78, 5) is 19.8. The number of esters is 2. The standard InChI is InChI=1S/C4H2O3.C2H3N3/c5-3-1-2-4(6)7-3;1-2-4-5-3-1/h1-2H;1-2H,(H,3,4,5). The van der Waals surface area contributed by atoms with Crippen molar-refractivity contribution in [1.29, 1.82) is 0 Å². The Morgan fingerprint density at radius 1 is 1.08 bits per heavy atom. The predicted molar refractivity (Wildman–Crippen MR) is 36.6 cm³/mol. The van der Waals surface area contributed by atoms with Crippen LogP contribution in [0.3, 0.4) is 0 Å². The van der Waals surface area contributed by atoms with Gasteiger partial charge in [-0.05, 0) is 0 Å². The molecule has 1 aliphatic heterocycles. The highest BCUT2D eigenvalue weighted by Crippen LogP contribution is 1.92. The van der Waals surface area contributed by atoms with E-state index in [-0.39, 0.29) is 0 Å². The number of aromatic amines is 1. The van der Waals surface area contributed by atoms with Crippen molar-refractivity contribution in [3.63, 3.8) is 0 Å². The topological polar surface area (TPSA) is 84.9 Å². The van der Waals surface area contributed by atoms with Crippen LogP contribution in [0.4, 0.5) is 0 Å². The van der Waals surface area contributed by atoms with Crippen LogP contribution < -0.4 is 0 Å². The molecule has 0 fully saturated rings.